The summed E-state index contributed by atoms with van der Waals surface area (Å²) in [6.07, 6.45) is 1.72. The Bertz CT molecular complexity index is 645. The molecule has 3 rings (SSSR count). The van der Waals surface area contributed by atoms with E-state index in [1.807, 2.05) is 23.8 Å². The zero-order valence-electron chi connectivity index (χ0n) is 9.77. The van der Waals surface area contributed by atoms with E-state index in [1.165, 1.54) is 0 Å². The maximum Gasteiger partial charge on any atom is 0.226 e. The Morgan fingerprint density at radius 2 is 2.33 bits per heavy atom. The lowest BCUT2D eigenvalue weighted by Crippen LogP contribution is -2.04. The highest BCUT2D eigenvalue weighted by Crippen LogP contribution is 2.24. The molecule has 6 nitrogen and oxygen atoms in total. The lowest BCUT2D eigenvalue weighted by molar-refractivity contribution is 1.07. The van der Waals surface area contributed by atoms with Gasteiger partial charge in [-0.15, -0.1) is 0 Å². The second-order valence-electron chi connectivity index (χ2n) is 3.70. The molecule has 0 radical (unpaired) electrons. The average Bonchev–Trinajstić information content (AvgIpc) is 2.99. The second kappa shape index (κ2) is 4.61. The molecule has 0 aliphatic heterocycles. The summed E-state index contributed by atoms with van der Waals surface area (Å²) in [5.41, 5.74) is 1.74. The Morgan fingerprint density at radius 3 is 3.11 bits per heavy atom. The van der Waals surface area contributed by atoms with Gasteiger partial charge in [0.05, 0.1) is 17.3 Å². The van der Waals surface area contributed by atoms with Gasteiger partial charge in [0.1, 0.15) is 5.82 Å². The Balaban J connectivity index is 2.04. The first-order valence-electron chi connectivity index (χ1n) is 5.61. The third kappa shape index (κ3) is 2.00. The molecule has 0 bridgehead atoms. The lowest BCUT2D eigenvalue weighted by atomic mass is 10.4. The van der Waals surface area contributed by atoms with Crippen LogP contribution in [-0.4, -0.2) is 26.7 Å². The average molecular weight is 260 g/mol. The third-order valence-corrected chi connectivity index (χ3v) is 3.11. The minimum atomic E-state index is 0.590. The fourth-order valence-corrected chi connectivity index (χ4v) is 2.23. The van der Waals surface area contributed by atoms with E-state index >= 15 is 0 Å². The minimum Gasteiger partial charge on any atom is -0.354 e. The SMILES string of the molecule is CCNc1nc(Nc2ccsc2)c2cn[nH]c2n1. The van der Waals surface area contributed by atoms with Gasteiger partial charge in [0.25, 0.3) is 0 Å². The van der Waals surface area contributed by atoms with Crippen molar-refractivity contribution in [2.75, 3.05) is 17.2 Å². The van der Waals surface area contributed by atoms with Crippen LogP contribution in [0.1, 0.15) is 6.92 Å². The van der Waals surface area contributed by atoms with Gasteiger partial charge >= 0.3 is 0 Å². The first kappa shape index (κ1) is 11.0. The van der Waals surface area contributed by atoms with Crippen LogP contribution < -0.4 is 10.6 Å². The highest BCUT2D eigenvalue weighted by atomic mass is 32.1. The molecule has 0 aromatic carbocycles. The topological polar surface area (TPSA) is 78.5 Å². The normalized spacial score (nSPS) is 10.7. The zero-order chi connectivity index (χ0) is 12.4. The fourth-order valence-electron chi connectivity index (χ4n) is 1.64. The zero-order valence-corrected chi connectivity index (χ0v) is 10.6. The van der Waals surface area contributed by atoms with Crippen molar-refractivity contribution in [3.8, 4) is 0 Å². The molecule has 0 amide bonds. The molecule has 3 N–H and O–H groups in total. The Kier molecular flexibility index (Phi) is 2.81. The number of fused-ring (bicyclic) bond motifs is 1. The summed E-state index contributed by atoms with van der Waals surface area (Å²) in [6.45, 7) is 2.78. The largest absolute Gasteiger partial charge is 0.354 e. The van der Waals surface area contributed by atoms with Crippen LogP contribution in [0.3, 0.4) is 0 Å². The van der Waals surface area contributed by atoms with Gasteiger partial charge in [-0.3, -0.25) is 5.10 Å². The van der Waals surface area contributed by atoms with Crippen molar-refractivity contribution in [1.82, 2.24) is 20.2 Å². The van der Waals surface area contributed by atoms with E-state index in [4.69, 9.17) is 0 Å². The number of aromatic nitrogens is 4. The smallest absolute Gasteiger partial charge is 0.226 e. The number of nitrogens with zero attached hydrogens (tertiary/aromatic N) is 3. The van der Waals surface area contributed by atoms with E-state index in [-0.39, 0.29) is 0 Å². The predicted molar refractivity (Wildman–Crippen MR) is 73.4 cm³/mol. The highest BCUT2D eigenvalue weighted by molar-refractivity contribution is 7.08. The van der Waals surface area contributed by atoms with Gasteiger partial charge in [-0.25, -0.2) is 0 Å². The van der Waals surface area contributed by atoms with Gasteiger partial charge in [0.2, 0.25) is 5.95 Å². The molecule has 18 heavy (non-hydrogen) atoms. The molecule has 0 atom stereocenters. The van der Waals surface area contributed by atoms with E-state index in [0.717, 1.165) is 29.1 Å². The first-order valence-corrected chi connectivity index (χ1v) is 6.55. The Labute approximate surface area is 107 Å². The molecule has 0 unspecified atom stereocenters. The summed E-state index contributed by atoms with van der Waals surface area (Å²) >= 11 is 1.64. The summed E-state index contributed by atoms with van der Waals surface area (Å²) in [4.78, 5) is 8.79. The van der Waals surface area contributed by atoms with Crippen molar-refractivity contribution < 1.29 is 0 Å². The van der Waals surface area contributed by atoms with Crippen molar-refractivity contribution in [2.24, 2.45) is 0 Å². The summed E-state index contributed by atoms with van der Waals surface area (Å²) in [7, 11) is 0. The van der Waals surface area contributed by atoms with E-state index in [1.54, 1.807) is 17.5 Å². The molecule has 0 saturated heterocycles. The highest BCUT2D eigenvalue weighted by Gasteiger charge is 2.09. The molecule has 92 valence electrons. The molecule has 3 aromatic heterocycles. The molecule has 7 heteroatoms. The van der Waals surface area contributed by atoms with Crippen LogP contribution in [-0.2, 0) is 0 Å². The van der Waals surface area contributed by atoms with E-state index in [2.05, 4.69) is 30.8 Å². The van der Waals surface area contributed by atoms with Crippen LogP contribution in [0.4, 0.5) is 17.5 Å². The molecule has 0 saturated carbocycles. The van der Waals surface area contributed by atoms with Crippen molar-refractivity contribution in [3.63, 3.8) is 0 Å². The number of anilines is 3. The van der Waals surface area contributed by atoms with Crippen LogP contribution in [0.25, 0.3) is 11.0 Å². The van der Waals surface area contributed by atoms with E-state index in [0.29, 0.717) is 5.95 Å². The number of thiophene rings is 1. The summed E-state index contributed by atoms with van der Waals surface area (Å²) in [6, 6.07) is 2.01. The summed E-state index contributed by atoms with van der Waals surface area (Å²) in [5, 5.41) is 18.2. The van der Waals surface area contributed by atoms with Gasteiger partial charge < -0.3 is 10.6 Å². The van der Waals surface area contributed by atoms with Crippen LogP contribution >= 0.6 is 11.3 Å². The number of nitrogens with one attached hydrogen (secondary N) is 3. The predicted octanol–water partition coefficient (Wildman–Crippen LogP) is 2.59. The second-order valence-corrected chi connectivity index (χ2v) is 4.48. The van der Waals surface area contributed by atoms with E-state index in [9.17, 15) is 0 Å². The lowest BCUT2D eigenvalue weighted by Gasteiger charge is -2.07. The molecule has 0 aliphatic carbocycles. The molecule has 3 heterocycles. The number of aromatic amines is 1. The van der Waals surface area contributed by atoms with Crippen molar-refractivity contribution in [3.05, 3.63) is 23.0 Å². The maximum atomic E-state index is 4.45. The number of hydrogen-bond donors (Lipinski definition) is 3. The Morgan fingerprint density at radius 1 is 1.39 bits per heavy atom. The van der Waals surface area contributed by atoms with Crippen molar-refractivity contribution in [1.29, 1.82) is 0 Å². The van der Waals surface area contributed by atoms with Gasteiger partial charge in [-0.1, -0.05) is 0 Å². The minimum absolute atomic E-state index is 0.590. The molecule has 0 aliphatic rings. The fraction of sp³-hybridized carbons (Fsp3) is 0.182. The number of hydrogen-bond acceptors (Lipinski definition) is 6. The van der Waals surface area contributed by atoms with Crippen LogP contribution in [0.5, 0.6) is 0 Å². The first-order chi connectivity index (χ1) is 8.86. The van der Waals surface area contributed by atoms with Crippen LogP contribution in [0.15, 0.2) is 23.0 Å². The van der Waals surface area contributed by atoms with Gasteiger partial charge in [-0.2, -0.15) is 26.4 Å². The quantitative estimate of drug-likeness (QED) is 0.672. The molecular formula is C11H12N6S. The van der Waals surface area contributed by atoms with Crippen LogP contribution in [0, 0.1) is 0 Å². The van der Waals surface area contributed by atoms with Crippen molar-refractivity contribution in [2.45, 2.75) is 6.92 Å². The molecule has 3 aromatic rings. The summed E-state index contributed by atoms with van der Waals surface area (Å²) < 4.78 is 0. The van der Waals surface area contributed by atoms with Gasteiger partial charge in [0, 0.05) is 11.9 Å². The van der Waals surface area contributed by atoms with E-state index < -0.39 is 0 Å². The van der Waals surface area contributed by atoms with Crippen molar-refractivity contribution >= 4 is 39.8 Å². The molecule has 0 spiro atoms. The Hall–Kier alpha value is -2.15. The maximum absolute atomic E-state index is 4.45. The number of H-pyrrole nitrogens is 1. The number of rotatable bonds is 4. The standard InChI is InChI=1S/C11H12N6S/c1-2-12-11-15-9(14-7-3-4-18-6-7)8-5-13-17-10(8)16-11/h3-6H,2H2,1H3,(H3,12,13,14,15,16,17). The van der Waals surface area contributed by atoms with Crippen LogP contribution in [0.2, 0.25) is 0 Å². The monoisotopic (exact) mass is 260 g/mol. The molecule has 0 fully saturated rings. The summed E-state index contributed by atoms with van der Waals surface area (Å²) in [5.74, 6) is 1.34. The third-order valence-electron chi connectivity index (χ3n) is 2.43. The van der Waals surface area contributed by atoms with Gasteiger partial charge in [-0.05, 0) is 18.4 Å². The molecular weight excluding hydrogens is 248 g/mol. The van der Waals surface area contributed by atoms with Gasteiger partial charge in [0.15, 0.2) is 5.65 Å².